The molecule has 5 heteroatoms. The number of aryl methyl sites for hydroxylation is 1. The highest BCUT2D eigenvalue weighted by molar-refractivity contribution is 5.85. The van der Waals surface area contributed by atoms with Gasteiger partial charge in [0, 0.05) is 11.6 Å². The maximum atomic E-state index is 10.8. The Hall–Kier alpha value is -2.30. The largest absolute Gasteiger partial charge is 0.488 e. The van der Waals surface area contributed by atoms with Crippen molar-refractivity contribution in [1.82, 2.24) is 5.16 Å². The molecule has 0 saturated carbocycles. The van der Waals surface area contributed by atoms with Crippen LogP contribution < -0.4 is 4.74 Å². The van der Waals surface area contributed by atoms with Crippen LogP contribution in [0.2, 0.25) is 0 Å². The molecule has 0 unspecified atom stereocenters. The van der Waals surface area contributed by atoms with E-state index < -0.39 is 5.97 Å². The number of aromatic nitrogens is 1. The third-order valence-corrected chi connectivity index (χ3v) is 3.46. The number of hydrogen-bond donors (Lipinski definition) is 1. The van der Waals surface area contributed by atoms with Crippen LogP contribution in [-0.4, -0.2) is 21.8 Å². The first-order valence-electron chi connectivity index (χ1n) is 6.47. The van der Waals surface area contributed by atoms with Crippen LogP contribution in [0.25, 0.3) is 11.3 Å². The van der Waals surface area contributed by atoms with Gasteiger partial charge in [0.05, 0.1) is 0 Å². The average Bonchev–Trinajstić information content (AvgIpc) is 2.87. The minimum absolute atomic E-state index is 0.140. The van der Waals surface area contributed by atoms with E-state index in [2.05, 4.69) is 19.0 Å². The monoisotopic (exact) mass is 273 g/mol. The number of carboxylic acid groups (broad SMARTS) is 1. The summed E-state index contributed by atoms with van der Waals surface area (Å²) < 4.78 is 10.7. The molecule has 1 aromatic heterocycles. The molecule has 2 aromatic rings. The van der Waals surface area contributed by atoms with E-state index in [1.165, 1.54) is 6.07 Å². The molecule has 20 heavy (non-hydrogen) atoms. The SMILES string of the molecule is CC1(C)CCc2cc(-c3cc(C(=O)O)on3)ccc2O1. The van der Waals surface area contributed by atoms with Crippen molar-refractivity contribution in [2.45, 2.75) is 32.3 Å². The molecule has 1 N–H and O–H groups in total. The summed E-state index contributed by atoms with van der Waals surface area (Å²) in [6.07, 6.45) is 1.88. The van der Waals surface area contributed by atoms with E-state index in [9.17, 15) is 4.79 Å². The maximum absolute atomic E-state index is 10.8. The van der Waals surface area contributed by atoms with Crippen molar-refractivity contribution in [2.75, 3.05) is 0 Å². The standard InChI is InChI=1S/C15H15NO4/c1-15(2)6-5-10-7-9(3-4-12(10)19-15)11-8-13(14(17)18)20-16-11/h3-4,7-8H,5-6H2,1-2H3,(H,17,18). The van der Waals surface area contributed by atoms with Gasteiger partial charge in [0.25, 0.3) is 0 Å². The highest BCUT2D eigenvalue weighted by Crippen LogP contribution is 2.35. The van der Waals surface area contributed by atoms with E-state index in [0.29, 0.717) is 5.69 Å². The molecule has 0 bridgehead atoms. The van der Waals surface area contributed by atoms with Crippen LogP contribution in [-0.2, 0) is 6.42 Å². The van der Waals surface area contributed by atoms with Gasteiger partial charge in [0.15, 0.2) is 0 Å². The number of rotatable bonds is 2. The van der Waals surface area contributed by atoms with Crippen LogP contribution in [0.15, 0.2) is 28.8 Å². The molecule has 1 aliphatic heterocycles. The molecule has 104 valence electrons. The minimum Gasteiger partial charge on any atom is -0.488 e. The van der Waals surface area contributed by atoms with E-state index in [1.807, 2.05) is 18.2 Å². The number of benzene rings is 1. The lowest BCUT2D eigenvalue weighted by Gasteiger charge is -2.32. The Kier molecular flexibility index (Phi) is 2.78. The Balaban J connectivity index is 1.94. The Morgan fingerprint density at radius 3 is 2.85 bits per heavy atom. The predicted molar refractivity (Wildman–Crippen MR) is 71.9 cm³/mol. The Bertz CT molecular complexity index is 672. The van der Waals surface area contributed by atoms with E-state index >= 15 is 0 Å². The predicted octanol–water partition coefficient (Wildman–Crippen LogP) is 3.14. The first-order chi connectivity index (χ1) is 9.44. The molecule has 0 atom stereocenters. The zero-order valence-corrected chi connectivity index (χ0v) is 11.3. The summed E-state index contributed by atoms with van der Waals surface area (Å²) in [6, 6.07) is 7.18. The third kappa shape index (κ3) is 2.27. The number of hydrogen-bond acceptors (Lipinski definition) is 4. The van der Waals surface area contributed by atoms with E-state index in [0.717, 1.165) is 29.7 Å². The van der Waals surface area contributed by atoms with Gasteiger partial charge in [-0.15, -0.1) is 0 Å². The molecule has 5 nitrogen and oxygen atoms in total. The summed E-state index contributed by atoms with van der Waals surface area (Å²) in [7, 11) is 0. The van der Waals surface area contributed by atoms with Crippen LogP contribution >= 0.6 is 0 Å². The molecule has 3 rings (SSSR count). The fourth-order valence-corrected chi connectivity index (χ4v) is 2.33. The van der Waals surface area contributed by atoms with Crippen molar-refractivity contribution in [3.05, 3.63) is 35.6 Å². The minimum atomic E-state index is -1.12. The lowest BCUT2D eigenvalue weighted by molar-refractivity contribution is 0.0652. The lowest BCUT2D eigenvalue weighted by Crippen LogP contribution is -2.32. The second kappa shape index (κ2) is 4.37. The first kappa shape index (κ1) is 12.7. The number of aromatic carboxylic acids is 1. The maximum Gasteiger partial charge on any atom is 0.374 e. The zero-order chi connectivity index (χ0) is 14.3. The van der Waals surface area contributed by atoms with Gasteiger partial charge in [-0.2, -0.15) is 0 Å². The molecule has 2 heterocycles. The summed E-state index contributed by atoms with van der Waals surface area (Å²) >= 11 is 0. The molecule has 0 saturated heterocycles. The van der Waals surface area contributed by atoms with E-state index in [4.69, 9.17) is 14.4 Å². The van der Waals surface area contributed by atoms with Crippen LogP contribution in [0.3, 0.4) is 0 Å². The van der Waals surface area contributed by atoms with Crippen molar-refractivity contribution in [2.24, 2.45) is 0 Å². The first-order valence-corrected chi connectivity index (χ1v) is 6.47. The fourth-order valence-electron chi connectivity index (χ4n) is 2.33. The molecule has 1 aromatic carbocycles. The van der Waals surface area contributed by atoms with Crippen molar-refractivity contribution in [3.8, 4) is 17.0 Å². The summed E-state index contributed by atoms with van der Waals surface area (Å²) in [5.41, 5.74) is 2.33. The molecular formula is C15H15NO4. The van der Waals surface area contributed by atoms with E-state index in [-0.39, 0.29) is 11.4 Å². The molecule has 0 fully saturated rings. The van der Waals surface area contributed by atoms with Crippen LogP contribution in [0.1, 0.15) is 36.4 Å². The molecular weight excluding hydrogens is 258 g/mol. The molecule has 0 radical (unpaired) electrons. The van der Waals surface area contributed by atoms with Crippen molar-refractivity contribution >= 4 is 5.97 Å². The van der Waals surface area contributed by atoms with E-state index in [1.54, 1.807) is 0 Å². The summed E-state index contributed by atoms with van der Waals surface area (Å²) in [6.45, 7) is 4.14. The average molecular weight is 273 g/mol. The Labute approximate surface area is 116 Å². The van der Waals surface area contributed by atoms with Crippen LogP contribution in [0.5, 0.6) is 5.75 Å². The second-order valence-electron chi connectivity index (χ2n) is 5.57. The van der Waals surface area contributed by atoms with Gasteiger partial charge >= 0.3 is 5.97 Å². The number of fused-ring (bicyclic) bond motifs is 1. The van der Waals surface area contributed by atoms with Gasteiger partial charge in [0.2, 0.25) is 5.76 Å². The van der Waals surface area contributed by atoms with Gasteiger partial charge in [-0.1, -0.05) is 5.16 Å². The number of carbonyl (C=O) groups is 1. The van der Waals surface area contributed by atoms with Crippen molar-refractivity contribution < 1.29 is 19.2 Å². The third-order valence-electron chi connectivity index (χ3n) is 3.46. The topological polar surface area (TPSA) is 72.6 Å². The molecule has 0 amide bonds. The van der Waals surface area contributed by atoms with Gasteiger partial charge in [-0.3, -0.25) is 0 Å². The van der Waals surface area contributed by atoms with Crippen molar-refractivity contribution in [1.29, 1.82) is 0 Å². The Morgan fingerprint density at radius 2 is 2.15 bits per heavy atom. The van der Waals surface area contributed by atoms with Crippen LogP contribution in [0.4, 0.5) is 0 Å². The zero-order valence-electron chi connectivity index (χ0n) is 11.3. The lowest BCUT2D eigenvalue weighted by atomic mass is 9.93. The molecule has 0 spiro atoms. The summed E-state index contributed by atoms with van der Waals surface area (Å²) in [5.74, 6) is -0.395. The van der Waals surface area contributed by atoms with Gasteiger partial charge in [0.1, 0.15) is 17.0 Å². The highest BCUT2D eigenvalue weighted by atomic mass is 16.5. The van der Waals surface area contributed by atoms with Gasteiger partial charge in [-0.25, -0.2) is 4.79 Å². The Morgan fingerprint density at radius 1 is 1.35 bits per heavy atom. The molecule has 0 aliphatic carbocycles. The normalized spacial score (nSPS) is 16.3. The fraction of sp³-hybridized carbons (Fsp3) is 0.333. The van der Waals surface area contributed by atoms with Crippen molar-refractivity contribution in [3.63, 3.8) is 0 Å². The molecule has 1 aliphatic rings. The second-order valence-corrected chi connectivity index (χ2v) is 5.57. The number of carboxylic acids is 1. The van der Waals surface area contributed by atoms with Gasteiger partial charge < -0.3 is 14.4 Å². The number of ether oxygens (including phenoxy) is 1. The summed E-state index contributed by atoms with van der Waals surface area (Å²) in [4.78, 5) is 10.8. The van der Waals surface area contributed by atoms with Gasteiger partial charge in [-0.05, 0) is 50.5 Å². The summed E-state index contributed by atoms with van der Waals surface area (Å²) in [5, 5.41) is 12.6. The quantitative estimate of drug-likeness (QED) is 0.910. The smallest absolute Gasteiger partial charge is 0.374 e. The number of nitrogens with zero attached hydrogens (tertiary/aromatic N) is 1. The highest BCUT2D eigenvalue weighted by Gasteiger charge is 2.26. The van der Waals surface area contributed by atoms with Crippen LogP contribution in [0, 0.1) is 0 Å².